The molecule has 24 heavy (non-hydrogen) atoms. The molecule has 0 spiro atoms. The zero-order chi connectivity index (χ0) is 17.6. The molecule has 4 nitrogen and oxygen atoms in total. The van der Waals surface area contributed by atoms with Crippen molar-refractivity contribution in [2.45, 2.75) is 39.0 Å². The first-order valence-electron chi connectivity index (χ1n) is 9.16. The summed E-state index contributed by atoms with van der Waals surface area (Å²) in [6, 6.07) is 8.01. The van der Waals surface area contributed by atoms with E-state index in [1.807, 2.05) is 19.2 Å². The van der Waals surface area contributed by atoms with Gasteiger partial charge in [0.05, 0.1) is 0 Å². The molecule has 0 aromatic heterocycles. The second kappa shape index (κ2) is 8.63. The molecule has 2 N–H and O–H groups in total. The highest BCUT2D eigenvalue weighted by Crippen LogP contribution is 2.22. The Morgan fingerprint density at radius 3 is 2.33 bits per heavy atom. The first kappa shape index (κ1) is 18.9. The number of likely N-dealkylation sites (N-methyl/N-ethyl adjacent to an activating group) is 1. The lowest BCUT2D eigenvalue weighted by Crippen LogP contribution is -2.40. The first-order valence-corrected chi connectivity index (χ1v) is 9.16. The molecule has 0 radical (unpaired) electrons. The summed E-state index contributed by atoms with van der Waals surface area (Å²) in [6.07, 6.45) is 2.35. The number of carbonyl (C=O) groups excluding carboxylic acids is 1. The van der Waals surface area contributed by atoms with Gasteiger partial charge in [0.25, 0.3) is 5.91 Å². The minimum atomic E-state index is 0.0491. The Morgan fingerprint density at radius 2 is 1.79 bits per heavy atom. The number of likely N-dealkylation sites (tertiary alicyclic amines) is 1. The Morgan fingerprint density at radius 1 is 1.17 bits per heavy atom. The molecule has 4 heteroatoms. The van der Waals surface area contributed by atoms with E-state index < -0.39 is 0 Å². The van der Waals surface area contributed by atoms with Gasteiger partial charge in [-0.25, -0.2) is 0 Å². The fourth-order valence-corrected chi connectivity index (χ4v) is 3.14. The van der Waals surface area contributed by atoms with Crippen LogP contribution in [-0.2, 0) is 5.41 Å². The lowest BCUT2D eigenvalue weighted by Gasteiger charge is -2.31. The molecule has 134 valence electrons. The van der Waals surface area contributed by atoms with Gasteiger partial charge in [0.1, 0.15) is 0 Å². The third-order valence-electron chi connectivity index (χ3n) is 4.95. The number of benzene rings is 1. The number of carbonyl (C=O) groups is 1. The van der Waals surface area contributed by atoms with Gasteiger partial charge >= 0.3 is 0 Å². The zero-order valence-corrected chi connectivity index (χ0v) is 15.7. The summed E-state index contributed by atoms with van der Waals surface area (Å²) >= 11 is 0. The van der Waals surface area contributed by atoms with E-state index in [2.05, 4.69) is 48.4 Å². The van der Waals surface area contributed by atoms with Crippen LogP contribution in [0.25, 0.3) is 0 Å². The number of rotatable bonds is 6. The van der Waals surface area contributed by atoms with E-state index in [0.29, 0.717) is 5.92 Å². The van der Waals surface area contributed by atoms with Crippen molar-refractivity contribution in [1.29, 1.82) is 0 Å². The summed E-state index contributed by atoms with van der Waals surface area (Å²) in [7, 11) is 2.00. The Balaban J connectivity index is 1.76. The van der Waals surface area contributed by atoms with Gasteiger partial charge in [0.15, 0.2) is 0 Å². The molecule has 0 bridgehead atoms. The van der Waals surface area contributed by atoms with Crippen LogP contribution in [0.5, 0.6) is 0 Å². The van der Waals surface area contributed by atoms with Crippen LogP contribution < -0.4 is 10.6 Å². The standard InChI is InChI=1S/C20H33N3O/c1-20(2,3)18-7-5-17(6-8-18)19(24)22-15-16-9-12-23(13-10-16)14-11-21-4/h5-8,16,21H,9-15H2,1-4H3,(H,22,24). The van der Waals surface area contributed by atoms with Gasteiger partial charge in [-0.3, -0.25) is 4.79 Å². The van der Waals surface area contributed by atoms with Crippen molar-refractivity contribution in [3.8, 4) is 0 Å². The van der Waals surface area contributed by atoms with E-state index in [4.69, 9.17) is 0 Å². The molecule has 2 rings (SSSR count). The maximum atomic E-state index is 12.3. The maximum Gasteiger partial charge on any atom is 0.251 e. The summed E-state index contributed by atoms with van der Waals surface area (Å²) in [5, 5.41) is 6.31. The van der Waals surface area contributed by atoms with Gasteiger partial charge < -0.3 is 15.5 Å². The van der Waals surface area contributed by atoms with Crippen molar-refractivity contribution < 1.29 is 4.79 Å². The molecule has 0 atom stereocenters. The molecule has 1 aliphatic heterocycles. The van der Waals surface area contributed by atoms with Crippen molar-refractivity contribution in [3.63, 3.8) is 0 Å². The van der Waals surface area contributed by atoms with E-state index in [0.717, 1.165) is 38.3 Å². The highest BCUT2D eigenvalue weighted by Gasteiger charge is 2.20. The van der Waals surface area contributed by atoms with E-state index >= 15 is 0 Å². The number of amides is 1. The number of hydrogen-bond donors (Lipinski definition) is 2. The predicted molar refractivity (Wildman–Crippen MR) is 101 cm³/mol. The summed E-state index contributed by atoms with van der Waals surface area (Å²) in [4.78, 5) is 14.8. The number of hydrogen-bond acceptors (Lipinski definition) is 3. The van der Waals surface area contributed by atoms with Crippen LogP contribution in [0.15, 0.2) is 24.3 Å². The molecule has 1 aromatic carbocycles. The van der Waals surface area contributed by atoms with Gasteiger partial charge in [0, 0.05) is 25.2 Å². The van der Waals surface area contributed by atoms with Gasteiger partial charge in [-0.05, 0) is 62.0 Å². The number of nitrogens with one attached hydrogen (secondary N) is 2. The molecule has 1 aliphatic rings. The largest absolute Gasteiger partial charge is 0.352 e. The van der Waals surface area contributed by atoms with Gasteiger partial charge in [-0.1, -0.05) is 32.9 Å². The van der Waals surface area contributed by atoms with Crippen LogP contribution in [0.1, 0.15) is 49.5 Å². The highest BCUT2D eigenvalue weighted by atomic mass is 16.1. The molecule has 0 saturated carbocycles. The molecule has 0 aliphatic carbocycles. The molecule has 1 fully saturated rings. The van der Waals surface area contributed by atoms with Crippen molar-refractivity contribution in [3.05, 3.63) is 35.4 Å². The molecule has 1 aromatic rings. The second-order valence-electron chi connectivity index (χ2n) is 7.93. The average Bonchev–Trinajstić information content (AvgIpc) is 2.58. The van der Waals surface area contributed by atoms with Crippen molar-refractivity contribution >= 4 is 5.91 Å². The molecular formula is C20H33N3O. The zero-order valence-electron chi connectivity index (χ0n) is 15.7. The first-order chi connectivity index (χ1) is 11.4. The van der Waals surface area contributed by atoms with Gasteiger partial charge in [0.2, 0.25) is 0 Å². The minimum absolute atomic E-state index is 0.0491. The SMILES string of the molecule is CNCCN1CCC(CNC(=O)c2ccc(C(C)(C)C)cc2)CC1. The van der Waals surface area contributed by atoms with Gasteiger partial charge in [-0.15, -0.1) is 0 Å². The Kier molecular flexibility index (Phi) is 6.81. The lowest BCUT2D eigenvalue weighted by molar-refractivity contribution is 0.0936. The van der Waals surface area contributed by atoms with Gasteiger partial charge in [-0.2, -0.15) is 0 Å². The van der Waals surface area contributed by atoms with Crippen LogP contribution in [0, 0.1) is 5.92 Å². The van der Waals surface area contributed by atoms with E-state index in [-0.39, 0.29) is 11.3 Å². The van der Waals surface area contributed by atoms with Crippen molar-refractivity contribution in [1.82, 2.24) is 15.5 Å². The Hall–Kier alpha value is -1.39. The monoisotopic (exact) mass is 331 g/mol. The summed E-state index contributed by atoms with van der Waals surface area (Å²) in [6.45, 7) is 11.8. The fourth-order valence-electron chi connectivity index (χ4n) is 3.14. The quantitative estimate of drug-likeness (QED) is 0.842. The number of nitrogens with zero attached hydrogens (tertiary/aromatic N) is 1. The summed E-state index contributed by atoms with van der Waals surface area (Å²) in [5.41, 5.74) is 2.14. The van der Waals surface area contributed by atoms with Crippen LogP contribution in [-0.4, -0.2) is 50.6 Å². The summed E-state index contributed by atoms with van der Waals surface area (Å²) in [5.74, 6) is 0.654. The Labute approximate surface area is 147 Å². The second-order valence-corrected chi connectivity index (χ2v) is 7.93. The molecular weight excluding hydrogens is 298 g/mol. The third-order valence-corrected chi connectivity index (χ3v) is 4.95. The van der Waals surface area contributed by atoms with Crippen LogP contribution in [0.3, 0.4) is 0 Å². The summed E-state index contributed by atoms with van der Waals surface area (Å²) < 4.78 is 0. The smallest absolute Gasteiger partial charge is 0.251 e. The van der Waals surface area contributed by atoms with E-state index in [1.54, 1.807) is 0 Å². The lowest BCUT2D eigenvalue weighted by atomic mass is 9.86. The highest BCUT2D eigenvalue weighted by molar-refractivity contribution is 5.94. The normalized spacial score (nSPS) is 17.0. The fraction of sp³-hybridized carbons (Fsp3) is 0.650. The van der Waals surface area contributed by atoms with Crippen LogP contribution >= 0.6 is 0 Å². The van der Waals surface area contributed by atoms with E-state index in [1.165, 1.54) is 18.4 Å². The van der Waals surface area contributed by atoms with Crippen LogP contribution in [0.2, 0.25) is 0 Å². The minimum Gasteiger partial charge on any atom is -0.352 e. The van der Waals surface area contributed by atoms with Crippen molar-refractivity contribution in [2.75, 3.05) is 39.8 Å². The van der Waals surface area contributed by atoms with Crippen molar-refractivity contribution in [2.24, 2.45) is 5.92 Å². The Bertz CT molecular complexity index is 511. The average molecular weight is 332 g/mol. The molecule has 1 amide bonds. The predicted octanol–water partition coefficient (Wildman–Crippen LogP) is 2.65. The molecule has 1 saturated heterocycles. The number of piperidine rings is 1. The molecule has 0 unspecified atom stereocenters. The van der Waals surface area contributed by atoms with E-state index in [9.17, 15) is 4.79 Å². The van der Waals surface area contributed by atoms with Crippen LogP contribution in [0.4, 0.5) is 0 Å². The third kappa shape index (κ3) is 5.60. The molecule has 1 heterocycles. The maximum absolute atomic E-state index is 12.3. The topological polar surface area (TPSA) is 44.4 Å².